The molecule has 4 rings (SSSR count). The molecular weight excluding hydrogens is 364 g/mol. The van der Waals surface area contributed by atoms with E-state index >= 15 is 0 Å². The molecule has 0 fully saturated rings. The van der Waals surface area contributed by atoms with Gasteiger partial charge in [-0.25, -0.2) is 0 Å². The van der Waals surface area contributed by atoms with Crippen molar-refractivity contribution in [2.24, 2.45) is 5.16 Å². The standard InChI is InChI=1S/C24H22N2O3/c27-24(28)17-19-11-9-18(10-12-19)13-14-25-29-16-15-26-22-7-3-1-5-20(22)21-6-2-4-8-23(21)26/h1-12,14H,13,15-17H2,(H,27,28). The minimum absolute atomic E-state index is 0.0419. The molecule has 29 heavy (non-hydrogen) atoms. The zero-order valence-electron chi connectivity index (χ0n) is 16.0. The van der Waals surface area contributed by atoms with Crippen molar-refractivity contribution in [2.45, 2.75) is 19.4 Å². The van der Waals surface area contributed by atoms with Gasteiger partial charge >= 0.3 is 5.97 Å². The second-order valence-electron chi connectivity index (χ2n) is 6.90. The highest BCUT2D eigenvalue weighted by molar-refractivity contribution is 6.07. The number of fused-ring (bicyclic) bond motifs is 3. The Morgan fingerprint density at radius 1 is 0.897 bits per heavy atom. The summed E-state index contributed by atoms with van der Waals surface area (Å²) >= 11 is 0. The van der Waals surface area contributed by atoms with Gasteiger partial charge in [0, 0.05) is 34.4 Å². The minimum atomic E-state index is -0.823. The number of nitrogens with zero attached hydrogens (tertiary/aromatic N) is 2. The average molecular weight is 386 g/mol. The quantitative estimate of drug-likeness (QED) is 0.272. The molecule has 3 aromatic carbocycles. The van der Waals surface area contributed by atoms with E-state index in [4.69, 9.17) is 9.94 Å². The van der Waals surface area contributed by atoms with Crippen LogP contribution in [0.5, 0.6) is 0 Å². The fourth-order valence-corrected chi connectivity index (χ4v) is 3.59. The molecule has 0 aliphatic carbocycles. The topological polar surface area (TPSA) is 63.8 Å². The lowest BCUT2D eigenvalue weighted by atomic mass is 10.1. The van der Waals surface area contributed by atoms with Crippen molar-refractivity contribution >= 4 is 34.0 Å². The number of hydrogen-bond acceptors (Lipinski definition) is 3. The molecule has 0 unspecified atom stereocenters. The van der Waals surface area contributed by atoms with Gasteiger partial charge in [-0.2, -0.15) is 0 Å². The third kappa shape index (κ3) is 4.29. The summed E-state index contributed by atoms with van der Waals surface area (Å²) in [6, 6.07) is 24.3. The predicted molar refractivity (Wildman–Crippen MR) is 115 cm³/mol. The average Bonchev–Trinajstić information content (AvgIpc) is 3.05. The first-order valence-corrected chi connectivity index (χ1v) is 9.62. The zero-order valence-corrected chi connectivity index (χ0v) is 16.0. The van der Waals surface area contributed by atoms with Crippen LogP contribution in [0.3, 0.4) is 0 Å². The van der Waals surface area contributed by atoms with Crippen molar-refractivity contribution in [1.29, 1.82) is 0 Å². The number of carboxylic acid groups (broad SMARTS) is 1. The number of carbonyl (C=O) groups is 1. The maximum absolute atomic E-state index is 10.7. The fraction of sp³-hybridized carbons (Fsp3) is 0.167. The molecule has 1 aromatic heterocycles. The van der Waals surface area contributed by atoms with Crippen molar-refractivity contribution in [2.75, 3.05) is 6.61 Å². The Kier molecular flexibility index (Phi) is 5.56. The Morgan fingerprint density at radius 3 is 2.10 bits per heavy atom. The molecule has 0 aliphatic heterocycles. The maximum atomic E-state index is 10.7. The summed E-state index contributed by atoms with van der Waals surface area (Å²) in [5.74, 6) is -0.823. The monoisotopic (exact) mass is 386 g/mol. The first-order chi connectivity index (χ1) is 14.2. The van der Waals surface area contributed by atoms with E-state index in [0.29, 0.717) is 13.0 Å². The molecule has 4 aromatic rings. The Hall–Kier alpha value is -3.60. The molecule has 0 atom stereocenters. The normalized spacial score (nSPS) is 11.4. The summed E-state index contributed by atoms with van der Waals surface area (Å²) in [5.41, 5.74) is 4.25. The first-order valence-electron chi connectivity index (χ1n) is 9.62. The van der Waals surface area contributed by atoms with E-state index in [1.807, 2.05) is 24.3 Å². The Bertz CT molecular complexity index is 1110. The van der Waals surface area contributed by atoms with E-state index in [-0.39, 0.29) is 6.42 Å². The summed E-state index contributed by atoms with van der Waals surface area (Å²) in [7, 11) is 0. The van der Waals surface area contributed by atoms with Gasteiger partial charge in [-0.1, -0.05) is 65.8 Å². The molecule has 0 bridgehead atoms. The van der Waals surface area contributed by atoms with Crippen molar-refractivity contribution in [3.05, 3.63) is 83.9 Å². The van der Waals surface area contributed by atoms with Gasteiger partial charge in [0.2, 0.25) is 0 Å². The lowest BCUT2D eigenvalue weighted by Crippen LogP contribution is -2.03. The predicted octanol–water partition coefficient (Wildman–Crippen LogP) is 4.67. The van der Waals surface area contributed by atoms with Crippen LogP contribution < -0.4 is 0 Å². The number of oxime groups is 1. The van der Waals surface area contributed by atoms with Gasteiger partial charge in [-0.3, -0.25) is 4.79 Å². The number of benzene rings is 3. The Labute approximate surface area is 168 Å². The largest absolute Gasteiger partial charge is 0.481 e. The summed E-state index contributed by atoms with van der Waals surface area (Å²) in [6.45, 7) is 1.20. The Morgan fingerprint density at radius 2 is 1.48 bits per heavy atom. The van der Waals surface area contributed by atoms with E-state index in [0.717, 1.165) is 17.7 Å². The molecule has 1 heterocycles. The first kappa shape index (κ1) is 18.7. The molecule has 1 N–H and O–H groups in total. The third-order valence-electron chi connectivity index (χ3n) is 4.94. The molecule has 0 saturated carbocycles. The van der Waals surface area contributed by atoms with Crippen LogP contribution in [-0.2, 0) is 29.0 Å². The van der Waals surface area contributed by atoms with Crippen LogP contribution in [0.15, 0.2) is 78.0 Å². The summed E-state index contributed by atoms with van der Waals surface area (Å²) < 4.78 is 2.27. The van der Waals surface area contributed by atoms with Crippen molar-refractivity contribution < 1.29 is 14.7 Å². The highest BCUT2D eigenvalue weighted by Gasteiger charge is 2.09. The summed E-state index contributed by atoms with van der Waals surface area (Å²) in [4.78, 5) is 16.2. The van der Waals surface area contributed by atoms with Gasteiger partial charge < -0.3 is 14.5 Å². The number of rotatable bonds is 8. The van der Waals surface area contributed by atoms with Crippen molar-refractivity contribution in [1.82, 2.24) is 4.57 Å². The van der Waals surface area contributed by atoms with Crippen LogP contribution in [0.1, 0.15) is 11.1 Å². The second-order valence-corrected chi connectivity index (χ2v) is 6.90. The van der Waals surface area contributed by atoms with Gasteiger partial charge in [0.1, 0.15) is 6.61 Å². The van der Waals surface area contributed by atoms with Crippen LogP contribution in [0.25, 0.3) is 21.8 Å². The van der Waals surface area contributed by atoms with E-state index in [1.165, 1.54) is 21.8 Å². The number of hydrogen-bond donors (Lipinski definition) is 1. The molecule has 5 nitrogen and oxygen atoms in total. The van der Waals surface area contributed by atoms with Crippen LogP contribution in [0.4, 0.5) is 0 Å². The van der Waals surface area contributed by atoms with E-state index < -0.39 is 5.97 Å². The van der Waals surface area contributed by atoms with E-state index in [1.54, 1.807) is 6.21 Å². The second kappa shape index (κ2) is 8.61. The lowest BCUT2D eigenvalue weighted by molar-refractivity contribution is -0.136. The van der Waals surface area contributed by atoms with Crippen molar-refractivity contribution in [3.63, 3.8) is 0 Å². The van der Waals surface area contributed by atoms with Gasteiger partial charge in [0.05, 0.1) is 13.0 Å². The van der Waals surface area contributed by atoms with Crippen LogP contribution in [0, 0.1) is 0 Å². The maximum Gasteiger partial charge on any atom is 0.307 e. The molecule has 5 heteroatoms. The van der Waals surface area contributed by atoms with E-state index in [9.17, 15) is 4.79 Å². The zero-order chi connectivity index (χ0) is 20.1. The highest BCUT2D eigenvalue weighted by Crippen LogP contribution is 2.28. The van der Waals surface area contributed by atoms with E-state index in [2.05, 4.69) is 58.3 Å². The molecule has 0 aliphatic rings. The highest BCUT2D eigenvalue weighted by atomic mass is 16.6. The van der Waals surface area contributed by atoms with Gasteiger partial charge in [-0.05, 0) is 23.3 Å². The molecule has 0 spiro atoms. The van der Waals surface area contributed by atoms with Gasteiger partial charge in [-0.15, -0.1) is 0 Å². The van der Waals surface area contributed by atoms with Gasteiger partial charge in [0.15, 0.2) is 0 Å². The van der Waals surface area contributed by atoms with Crippen LogP contribution in [-0.4, -0.2) is 28.5 Å². The molecule has 0 saturated heterocycles. The summed E-state index contributed by atoms with van der Waals surface area (Å²) in [6.07, 6.45) is 2.42. The number of aromatic nitrogens is 1. The fourth-order valence-electron chi connectivity index (χ4n) is 3.59. The minimum Gasteiger partial charge on any atom is -0.481 e. The Balaban J connectivity index is 1.34. The lowest BCUT2D eigenvalue weighted by Gasteiger charge is -2.06. The number of para-hydroxylation sites is 2. The molecular formula is C24H22N2O3. The molecule has 0 radical (unpaired) electrons. The van der Waals surface area contributed by atoms with Crippen LogP contribution in [0.2, 0.25) is 0 Å². The molecule has 0 amide bonds. The van der Waals surface area contributed by atoms with Crippen molar-refractivity contribution in [3.8, 4) is 0 Å². The molecule has 146 valence electrons. The number of carboxylic acids is 1. The smallest absolute Gasteiger partial charge is 0.307 e. The SMILES string of the molecule is O=C(O)Cc1ccc(CC=NOCCn2c3ccccc3c3ccccc32)cc1. The van der Waals surface area contributed by atoms with Crippen LogP contribution >= 0.6 is 0 Å². The number of aliphatic carboxylic acids is 1. The summed E-state index contributed by atoms with van der Waals surface area (Å²) in [5, 5.41) is 15.4. The third-order valence-corrected chi connectivity index (χ3v) is 4.94. The van der Waals surface area contributed by atoms with Gasteiger partial charge in [0.25, 0.3) is 0 Å².